The standard InChI is InChI=1S/C27H30N4O5/c1-4-35-27(34)24(29-25(32)18-7-5-11-30(2)16-18)13-20-15-28-23-10-9-21(14-22(20)23)36-26(33)19-8-6-12-31(3)17-19/h5-6,9-12,14-17,24,28H,4,7-8,13H2,1-3H3,(H,29,32). The highest BCUT2D eigenvalue weighted by atomic mass is 16.5. The monoisotopic (exact) mass is 490 g/mol. The Morgan fingerprint density at radius 1 is 1.06 bits per heavy atom. The summed E-state index contributed by atoms with van der Waals surface area (Å²) in [5.41, 5.74) is 2.72. The Bertz CT molecular complexity index is 1290. The predicted octanol–water partition coefficient (Wildman–Crippen LogP) is 3.13. The van der Waals surface area contributed by atoms with E-state index in [9.17, 15) is 14.4 Å². The zero-order valence-corrected chi connectivity index (χ0v) is 20.6. The number of aromatic nitrogens is 1. The largest absolute Gasteiger partial charge is 0.464 e. The van der Waals surface area contributed by atoms with Gasteiger partial charge in [-0.15, -0.1) is 0 Å². The third-order valence-electron chi connectivity index (χ3n) is 5.88. The van der Waals surface area contributed by atoms with E-state index in [4.69, 9.17) is 9.47 Å². The van der Waals surface area contributed by atoms with E-state index >= 15 is 0 Å². The van der Waals surface area contributed by atoms with Crippen LogP contribution in [-0.2, 0) is 25.5 Å². The van der Waals surface area contributed by atoms with Gasteiger partial charge in [-0.25, -0.2) is 9.59 Å². The van der Waals surface area contributed by atoms with Gasteiger partial charge in [-0.1, -0.05) is 12.2 Å². The summed E-state index contributed by atoms with van der Waals surface area (Å²) in [5, 5.41) is 3.62. The Hall–Kier alpha value is -4.27. The molecule has 1 aromatic heterocycles. The molecular formula is C27H30N4O5. The molecule has 1 amide bonds. The third-order valence-corrected chi connectivity index (χ3v) is 5.88. The van der Waals surface area contributed by atoms with Gasteiger partial charge < -0.3 is 29.6 Å². The number of carbonyl (C=O) groups excluding carboxylic acids is 3. The quantitative estimate of drug-likeness (QED) is 0.433. The van der Waals surface area contributed by atoms with E-state index < -0.39 is 18.0 Å². The van der Waals surface area contributed by atoms with Crippen molar-refractivity contribution in [3.05, 3.63) is 78.1 Å². The highest BCUT2D eigenvalue weighted by Gasteiger charge is 2.26. The van der Waals surface area contributed by atoms with Gasteiger partial charge in [0.25, 0.3) is 0 Å². The van der Waals surface area contributed by atoms with Crippen LogP contribution in [0.2, 0.25) is 0 Å². The first-order chi connectivity index (χ1) is 17.3. The molecular weight excluding hydrogens is 460 g/mol. The molecule has 0 radical (unpaired) electrons. The zero-order chi connectivity index (χ0) is 25.7. The van der Waals surface area contributed by atoms with E-state index in [1.165, 1.54) is 0 Å². The Labute approximate surface area is 209 Å². The van der Waals surface area contributed by atoms with Crippen LogP contribution in [0.3, 0.4) is 0 Å². The van der Waals surface area contributed by atoms with Crippen LogP contribution in [0.15, 0.2) is 72.5 Å². The fourth-order valence-corrected chi connectivity index (χ4v) is 4.13. The molecule has 0 saturated heterocycles. The Morgan fingerprint density at radius 3 is 2.44 bits per heavy atom. The molecule has 0 fully saturated rings. The lowest BCUT2D eigenvalue weighted by atomic mass is 10.0. The van der Waals surface area contributed by atoms with Crippen LogP contribution in [0.1, 0.15) is 25.3 Å². The summed E-state index contributed by atoms with van der Waals surface area (Å²) < 4.78 is 10.9. The Balaban J connectivity index is 1.53. The lowest BCUT2D eigenvalue weighted by molar-refractivity contribution is -0.147. The second kappa shape index (κ2) is 11.0. The maximum absolute atomic E-state index is 12.9. The lowest BCUT2D eigenvalue weighted by Gasteiger charge is -2.20. The summed E-state index contributed by atoms with van der Waals surface area (Å²) in [6, 6.07) is 4.41. The van der Waals surface area contributed by atoms with Crippen LogP contribution < -0.4 is 10.1 Å². The second-order valence-electron chi connectivity index (χ2n) is 8.71. The first kappa shape index (κ1) is 24.8. The topological polar surface area (TPSA) is 104 Å². The van der Waals surface area contributed by atoms with Gasteiger partial charge in [0.1, 0.15) is 11.8 Å². The van der Waals surface area contributed by atoms with Crippen LogP contribution in [0.25, 0.3) is 10.9 Å². The average molecular weight is 491 g/mol. The number of benzene rings is 1. The van der Waals surface area contributed by atoms with Crippen molar-refractivity contribution in [1.29, 1.82) is 0 Å². The van der Waals surface area contributed by atoms with Gasteiger partial charge in [0.15, 0.2) is 0 Å². The molecule has 9 nitrogen and oxygen atoms in total. The van der Waals surface area contributed by atoms with Gasteiger partial charge >= 0.3 is 11.9 Å². The van der Waals surface area contributed by atoms with Crippen LogP contribution in [0, 0.1) is 0 Å². The van der Waals surface area contributed by atoms with Gasteiger partial charge in [0.05, 0.1) is 12.2 Å². The first-order valence-corrected chi connectivity index (χ1v) is 11.8. The highest BCUT2D eigenvalue weighted by molar-refractivity contribution is 5.97. The molecule has 4 rings (SSSR count). The van der Waals surface area contributed by atoms with Crippen LogP contribution in [-0.4, -0.2) is 59.4 Å². The van der Waals surface area contributed by atoms with Gasteiger partial charge in [-0.05, 0) is 49.5 Å². The summed E-state index contributed by atoms with van der Waals surface area (Å²) in [7, 11) is 3.68. The van der Waals surface area contributed by atoms with E-state index in [-0.39, 0.29) is 18.9 Å². The van der Waals surface area contributed by atoms with Crippen LogP contribution >= 0.6 is 0 Å². The second-order valence-corrected chi connectivity index (χ2v) is 8.71. The van der Waals surface area contributed by atoms with E-state index in [0.29, 0.717) is 29.7 Å². The average Bonchev–Trinajstić information content (AvgIpc) is 3.25. The van der Waals surface area contributed by atoms with Crippen molar-refractivity contribution in [2.45, 2.75) is 32.2 Å². The maximum Gasteiger partial charge on any atom is 0.341 e. The number of allylic oxidation sites excluding steroid dienone is 2. The van der Waals surface area contributed by atoms with Gasteiger partial charge in [-0.3, -0.25) is 4.79 Å². The summed E-state index contributed by atoms with van der Waals surface area (Å²) in [5.74, 6) is -0.854. The molecule has 3 heterocycles. The number of amides is 1. The smallest absolute Gasteiger partial charge is 0.341 e. The summed E-state index contributed by atoms with van der Waals surface area (Å²) in [6.45, 7) is 1.93. The van der Waals surface area contributed by atoms with Crippen molar-refractivity contribution >= 4 is 28.7 Å². The van der Waals surface area contributed by atoms with Gasteiger partial charge in [-0.2, -0.15) is 0 Å². The molecule has 0 aliphatic carbocycles. The van der Waals surface area contributed by atoms with Crippen molar-refractivity contribution in [2.24, 2.45) is 0 Å². The SMILES string of the molecule is CCOC(=O)C(Cc1c[nH]c2ccc(OC(=O)C3=CN(C)C=CC3)cc12)NC(=O)C1=CN(C)C=CC1. The number of carbonyl (C=O) groups is 3. The fraction of sp³-hybridized carbons (Fsp3) is 0.296. The minimum absolute atomic E-state index is 0.202. The molecule has 2 aliphatic heterocycles. The molecule has 2 aromatic rings. The molecule has 2 aliphatic rings. The number of esters is 2. The number of ether oxygens (including phenoxy) is 2. The molecule has 2 N–H and O–H groups in total. The molecule has 1 atom stereocenters. The fourth-order valence-electron chi connectivity index (χ4n) is 4.13. The van der Waals surface area contributed by atoms with Crippen molar-refractivity contribution in [2.75, 3.05) is 20.7 Å². The number of hydrogen-bond donors (Lipinski definition) is 2. The maximum atomic E-state index is 12.9. The minimum atomic E-state index is -0.880. The summed E-state index contributed by atoms with van der Waals surface area (Å²) in [6.07, 6.45) is 14.0. The number of rotatable bonds is 8. The number of aromatic amines is 1. The summed E-state index contributed by atoms with van der Waals surface area (Å²) >= 11 is 0. The number of nitrogens with one attached hydrogen (secondary N) is 2. The number of fused-ring (bicyclic) bond motifs is 1. The molecule has 1 unspecified atom stereocenters. The molecule has 0 spiro atoms. The van der Waals surface area contributed by atoms with Crippen molar-refractivity contribution in [3.63, 3.8) is 0 Å². The number of H-pyrrole nitrogens is 1. The predicted molar refractivity (Wildman–Crippen MR) is 135 cm³/mol. The van der Waals surface area contributed by atoms with E-state index in [0.717, 1.165) is 16.5 Å². The zero-order valence-electron chi connectivity index (χ0n) is 20.6. The molecule has 9 heteroatoms. The normalized spacial score (nSPS) is 15.9. The Morgan fingerprint density at radius 2 is 1.75 bits per heavy atom. The molecule has 1 aromatic carbocycles. The highest BCUT2D eigenvalue weighted by Crippen LogP contribution is 2.26. The molecule has 188 valence electrons. The minimum Gasteiger partial charge on any atom is -0.464 e. The summed E-state index contributed by atoms with van der Waals surface area (Å²) in [4.78, 5) is 45.0. The van der Waals surface area contributed by atoms with E-state index in [1.807, 2.05) is 44.7 Å². The Kier molecular flexibility index (Phi) is 7.58. The van der Waals surface area contributed by atoms with E-state index in [1.54, 1.807) is 47.5 Å². The van der Waals surface area contributed by atoms with Crippen LogP contribution in [0.4, 0.5) is 0 Å². The van der Waals surface area contributed by atoms with Crippen molar-refractivity contribution in [1.82, 2.24) is 20.1 Å². The third kappa shape index (κ3) is 5.86. The van der Waals surface area contributed by atoms with Gasteiger partial charge in [0, 0.05) is 62.0 Å². The van der Waals surface area contributed by atoms with Crippen molar-refractivity contribution < 1.29 is 23.9 Å². The van der Waals surface area contributed by atoms with E-state index in [2.05, 4.69) is 10.3 Å². The van der Waals surface area contributed by atoms with Gasteiger partial charge in [0.2, 0.25) is 5.91 Å². The van der Waals surface area contributed by atoms with Crippen molar-refractivity contribution in [3.8, 4) is 5.75 Å². The lowest BCUT2D eigenvalue weighted by Crippen LogP contribution is -2.44. The number of hydrogen-bond acceptors (Lipinski definition) is 7. The molecule has 0 saturated carbocycles. The van der Waals surface area contributed by atoms with Crippen LogP contribution in [0.5, 0.6) is 5.75 Å². The molecule has 36 heavy (non-hydrogen) atoms. The number of nitrogens with zero attached hydrogens (tertiary/aromatic N) is 2. The first-order valence-electron chi connectivity index (χ1n) is 11.8. The molecule has 0 bridgehead atoms.